The second kappa shape index (κ2) is 10.8. The van der Waals surface area contributed by atoms with Crippen LogP contribution in [0.2, 0.25) is 0 Å². The van der Waals surface area contributed by atoms with Gasteiger partial charge >= 0.3 is 11.9 Å². The Morgan fingerprint density at radius 1 is 0.621 bits per heavy atom. The summed E-state index contributed by atoms with van der Waals surface area (Å²) in [5, 5.41) is 0. The molecule has 0 N–H and O–H groups in total. The van der Waals surface area contributed by atoms with Crippen LogP contribution in [-0.4, -0.2) is 11.9 Å². The molecule has 4 nitrogen and oxygen atoms in total. The highest BCUT2D eigenvalue weighted by molar-refractivity contribution is 5.80. The molecule has 0 saturated heterocycles. The average molecular weight is 388 g/mol. The number of hydrogen-bond donors (Lipinski definition) is 0. The van der Waals surface area contributed by atoms with Gasteiger partial charge in [-0.1, -0.05) is 91.0 Å². The molecule has 0 radical (unpaired) electrons. The molecule has 1 atom stereocenters. The van der Waals surface area contributed by atoms with Crippen molar-refractivity contribution in [2.75, 3.05) is 0 Å². The van der Waals surface area contributed by atoms with Crippen LogP contribution in [-0.2, 0) is 38.7 Å². The van der Waals surface area contributed by atoms with Crippen molar-refractivity contribution < 1.29 is 19.1 Å². The smallest absolute Gasteiger partial charge is 0.310 e. The van der Waals surface area contributed by atoms with Crippen molar-refractivity contribution in [3.8, 4) is 0 Å². The lowest BCUT2D eigenvalue weighted by molar-refractivity contribution is -0.156. The molecule has 0 aliphatic heterocycles. The van der Waals surface area contributed by atoms with Crippen molar-refractivity contribution >= 4 is 11.9 Å². The van der Waals surface area contributed by atoms with Crippen LogP contribution in [0.25, 0.3) is 0 Å². The van der Waals surface area contributed by atoms with E-state index in [9.17, 15) is 9.59 Å². The van der Waals surface area contributed by atoms with Crippen LogP contribution in [0.5, 0.6) is 0 Å². The predicted octanol–water partition coefficient (Wildman–Crippen LogP) is 4.72. The summed E-state index contributed by atoms with van der Waals surface area (Å²) in [6, 6.07) is 28.6. The van der Waals surface area contributed by atoms with Crippen LogP contribution in [0, 0.1) is 5.92 Å². The number of esters is 2. The van der Waals surface area contributed by atoms with Crippen molar-refractivity contribution in [3.05, 3.63) is 108 Å². The van der Waals surface area contributed by atoms with Gasteiger partial charge in [-0.3, -0.25) is 9.59 Å². The fraction of sp³-hybridized carbons (Fsp3) is 0.200. The first kappa shape index (κ1) is 20.3. The number of ether oxygens (including phenoxy) is 2. The number of carbonyl (C=O) groups excluding carboxylic acids is 2. The van der Waals surface area contributed by atoms with E-state index >= 15 is 0 Å². The van der Waals surface area contributed by atoms with Gasteiger partial charge in [0.05, 0.1) is 12.3 Å². The van der Waals surface area contributed by atoms with E-state index in [-0.39, 0.29) is 19.6 Å². The molecule has 4 heteroatoms. The predicted molar refractivity (Wildman–Crippen MR) is 111 cm³/mol. The van der Waals surface area contributed by atoms with Gasteiger partial charge in [0.15, 0.2) is 0 Å². The Morgan fingerprint density at radius 2 is 1.07 bits per heavy atom. The molecule has 0 aromatic heterocycles. The molecule has 3 rings (SSSR count). The third kappa shape index (κ3) is 6.92. The maximum absolute atomic E-state index is 12.7. The molecule has 148 valence electrons. The summed E-state index contributed by atoms with van der Waals surface area (Å²) < 4.78 is 10.8. The molecular weight excluding hydrogens is 364 g/mol. The third-order valence-electron chi connectivity index (χ3n) is 4.54. The van der Waals surface area contributed by atoms with E-state index in [4.69, 9.17) is 9.47 Å². The zero-order chi connectivity index (χ0) is 20.3. The first-order valence-corrected chi connectivity index (χ1v) is 9.65. The molecular formula is C25H24O4. The van der Waals surface area contributed by atoms with E-state index < -0.39 is 17.9 Å². The van der Waals surface area contributed by atoms with Crippen LogP contribution >= 0.6 is 0 Å². The van der Waals surface area contributed by atoms with E-state index in [2.05, 4.69) is 0 Å². The topological polar surface area (TPSA) is 52.6 Å². The number of carbonyl (C=O) groups is 2. The van der Waals surface area contributed by atoms with Gasteiger partial charge in [0, 0.05) is 0 Å². The van der Waals surface area contributed by atoms with Crippen LogP contribution < -0.4 is 0 Å². The summed E-state index contributed by atoms with van der Waals surface area (Å²) in [6.45, 7) is 0.376. The Bertz CT molecular complexity index is 892. The molecule has 0 aliphatic carbocycles. The fourth-order valence-electron chi connectivity index (χ4n) is 2.98. The Hall–Kier alpha value is -3.40. The number of rotatable bonds is 9. The quantitative estimate of drug-likeness (QED) is 0.498. The first-order chi connectivity index (χ1) is 14.2. The Morgan fingerprint density at radius 3 is 1.59 bits per heavy atom. The summed E-state index contributed by atoms with van der Waals surface area (Å²) in [4.78, 5) is 25.1. The molecule has 0 amide bonds. The second-order valence-corrected chi connectivity index (χ2v) is 6.83. The molecule has 0 heterocycles. The summed E-state index contributed by atoms with van der Waals surface area (Å²) >= 11 is 0. The molecule has 3 aromatic rings. The molecule has 1 unspecified atom stereocenters. The summed E-state index contributed by atoms with van der Waals surface area (Å²) in [5.74, 6) is -1.40. The highest BCUT2D eigenvalue weighted by atomic mass is 16.5. The standard InChI is InChI=1S/C25H24O4/c26-24(28-18-21-12-6-2-7-13-21)17-23(16-20-10-4-1-5-11-20)25(27)29-19-22-14-8-3-9-15-22/h1-15,23H,16-19H2. The summed E-state index contributed by atoms with van der Waals surface area (Å²) in [5.41, 5.74) is 2.79. The maximum atomic E-state index is 12.7. The Balaban J connectivity index is 1.60. The van der Waals surface area contributed by atoms with Crippen LogP contribution in [0.15, 0.2) is 91.0 Å². The van der Waals surface area contributed by atoms with Gasteiger partial charge < -0.3 is 9.47 Å². The molecule has 29 heavy (non-hydrogen) atoms. The van der Waals surface area contributed by atoms with Crippen LogP contribution in [0.1, 0.15) is 23.1 Å². The van der Waals surface area contributed by atoms with Gasteiger partial charge in [-0.2, -0.15) is 0 Å². The molecule has 3 aromatic carbocycles. The van der Waals surface area contributed by atoms with Gasteiger partial charge in [0.25, 0.3) is 0 Å². The van der Waals surface area contributed by atoms with Gasteiger partial charge in [-0.05, 0) is 23.1 Å². The monoisotopic (exact) mass is 388 g/mol. The zero-order valence-electron chi connectivity index (χ0n) is 16.2. The average Bonchev–Trinajstić information content (AvgIpc) is 2.78. The molecule has 0 bridgehead atoms. The van der Waals surface area contributed by atoms with E-state index in [1.165, 1.54) is 0 Å². The van der Waals surface area contributed by atoms with Crippen molar-refractivity contribution in [2.45, 2.75) is 26.1 Å². The van der Waals surface area contributed by atoms with E-state index in [1.54, 1.807) is 0 Å². The van der Waals surface area contributed by atoms with Crippen LogP contribution in [0.3, 0.4) is 0 Å². The van der Waals surface area contributed by atoms with E-state index in [0.717, 1.165) is 16.7 Å². The minimum atomic E-state index is -0.593. The van der Waals surface area contributed by atoms with Gasteiger partial charge in [0.2, 0.25) is 0 Å². The van der Waals surface area contributed by atoms with Crippen molar-refractivity contribution in [2.24, 2.45) is 5.92 Å². The number of hydrogen-bond acceptors (Lipinski definition) is 4. The highest BCUT2D eigenvalue weighted by Crippen LogP contribution is 2.17. The largest absolute Gasteiger partial charge is 0.461 e. The minimum absolute atomic E-state index is 0.0185. The van der Waals surface area contributed by atoms with E-state index in [0.29, 0.717) is 6.42 Å². The Labute approximate surface area is 171 Å². The first-order valence-electron chi connectivity index (χ1n) is 9.65. The van der Waals surface area contributed by atoms with Crippen molar-refractivity contribution in [1.82, 2.24) is 0 Å². The van der Waals surface area contributed by atoms with Crippen molar-refractivity contribution in [1.29, 1.82) is 0 Å². The van der Waals surface area contributed by atoms with Gasteiger partial charge in [-0.15, -0.1) is 0 Å². The molecule has 0 aliphatic rings. The van der Waals surface area contributed by atoms with E-state index in [1.807, 2.05) is 91.0 Å². The van der Waals surface area contributed by atoms with Gasteiger partial charge in [0.1, 0.15) is 13.2 Å². The maximum Gasteiger partial charge on any atom is 0.310 e. The lowest BCUT2D eigenvalue weighted by Gasteiger charge is -2.16. The van der Waals surface area contributed by atoms with Crippen molar-refractivity contribution in [3.63, 3.8) is 0 Å². The molecule has 0 fully saturated rings. The molecule has 0 saturated carbocycles. The Kier molecular flexibility index (Phi) is 7.58. The zero-order valence-corrected chi connectivity index (χ0v) is 16.2. The van der Waals surface area contributed by atoms with Crippen LogP contribution in [0.4, 0.5) is 0 Å². The number of benzene rings is 3. The molecule has 0 spiro atoms. The lowest BCUT2D eigenvalue weighted by Crippen LogP contribution is -2.24. The second-order valence-electron chi connectivity index (χ2n) is 6.83. The SMILES string of the molecule is O=C(CC(Cc1ccccc1)C(=O)OCc1ccccc1)OCc1ccccc1. The minimum Gasteiger partial charge on any atom is -0.461 e. The lowest BCUT2D eigenvalue weighted by atomic mass is 9.96. The van der Waals surface area contributed by atoms with Gasteiger partial charge in [-0.25, -0.2) is 0 Å². The highest BCUT2D eigenvalue weighted by Gasteiger charge is 2.25. The third-order valence-corrected chi connectivity index (χ3v) is 4.54. The normalized spacial score (nSPS) is 11.4. The summed E-state index contributed by atoms with van der Waals surface area (Å²) in [7, 11) is 0. The fourth-order valence-corrected chi connectivity index (χ4v) is 2.98. The summed E-state index contributed by atoms with van der Waals surface area (Å²) in [6.07, 6.45) is 0.407.